The minimum atomic E-state index is 0. The number of nitrogens with zero attached hydrogens (tertiary/aromatic N) is 5. The van der Waals surface area contributed by atoms with Crippen molar-refractivity contribution in [2.75, 3.05) is 13.1 Å². The molecule has 1 saturated heterocycles. The monoisotopic (exact) mass is 382 g/mol. The van der Waals surface area contributed by atoms with Crippen molar-refractivity contribution in [1.82, 2.24) is 30.2 Å². The molecule has 2 aromatic rings. The molecule has 4 rings (SSSR count). The molecule has 9 heteroatoms. The fraction of sp³-hybridized carbons (Fsp3) is 0.625. The van der Waals surface area contributed by atoms with Gasteiger partial charge in [0.25, 0.3) is 0 Å². The Kier molecular flexibility index (Phi) is 6.14. The van der Waals surface area contributed by atoms with Gasteiger partial charge in [0.2, 0.25) is 5.89 Å². The maximum Gasteiger partial charge on any atom is 0.229 e. The van der Waals surface area contributed by atoms with Crippen molar-refractivity contribution in [3.05, 3.63) is 30.2 Å². The van der Waals surface area contributed by atoms with E-state index in [1.54, 1.807) is 11.8 Å². The van der Waals surface area contributed by atoms with E-state index in [2.05, 4.69) is 36.8 Å². The van der Waals surface area contributed by atoms with Crippen LogP contribution in [0, 0.1) is 0 Å². The lowest BCUT2D eigenvalue weighted by molar-refractivity contribution is 0.375. The standard InChI is InChI=1S/C16H22N6OS.ClH/c1-2-9-22-14(11-5-7-17-8-6-11)19-20-16(22)24-10-13-18-15(23-21-13)12-3-4-12;/h2,11-12,17H,1,3-10H2;1H. The first-order valence-corrected chi connectivity index (χ1v) is 9.53. The zero-order valence-electron chi connectivity index (χ0n) is 14.1. The maximum atomic E-state index is 5.31. The van der Waals surface area contributed by atoms with E-state index in [1.165, 1.54) is 12.8 Å². The van der Waals surface area contributed by atoms with Gasteiger partial charge in [0.05, 0.1) is 5.75 Å². The van der Waals surface area contributed by atoms with Gasteiger partial charge in [-0.3, -0.25) is 0 Å². The van der Waals surface area contributed by atoms with Crippen LogP contribution in [-0.2, 0) is 12.3 Å². The minimum Gasteiger partial charge on any atom is -0.339 e. The lowest BCUT2D eigenvalue weighted by Gasteiger charge is -2.22. The molecule has 2 fully saturated rings. The van der Waals surface area contributed by atoms with E-state index in [0.29, 0.717) is 17.6 Å². The molecular weight excluding hydrogens is 360 g/mol. The van der Waals surface area contributed by atoms with E-state index in [9.17, 15) is 0 Å². The Hall–Kier alpha value is -1.38. The van der Waals surface area contributed by atoms with Crippen LogP contribution >= 0.6 is 24.2 Å². The highest BCUT2D eigenvalue weighted by atomic mass is 35.5. The molecule has 7 nitrogen and oxygen atoms in total. The van der Waals surface area contributed by atoms with E-state index in [1.807, 2.05) is 6.08 Å². The van der Waals surface area contributed by atoms with Gasteiger partial charge >= 0.3 is 0 Å². The summed E-state index contributed by atoms with van der Waals surface area (Å²) < 4.78 is 7.49. The molecular formula is C16H23ClN6OS. The number of nitrogens with one attached hydrogen (secondary N) is 1. The number of thioether (sulfide) groups is 1. The molecule has 3 heterocycles. The Morgan fingerprint density at radius 2 is 2.00 bits per heavy atom. The highest BCUT2D eigenvalue weighted by Crippen LogP contribution is 2.39. The summed E-state index contributed by atoms with van der Waals surface area (Å²) in [5, 5.41) is 17.2. The van der Waals surface area contributed by atoms with E-state index >= 15 is 0 Å². The van der Waals surface area contributed by atoms with E-state index < -0.39 is 0 Å². The first kappa shape index (κ1) is 18.4. The third kappa shape index (κ3) is 4.24. The number of piperidine rings is 1. The Balaban J connectivity index is 0.00000182. The Bertz CT molecular complexity index is 707. The molecule has 0 amide bonds. The molecule has 25 heavy (non-hydrogen) atoms. The minimum absolute atomic E-state index is 0. The largest absolute Gasteiger partial charge is 0.339 e. The second kappa shape index (κ2) is 8.33. The first-order valence-electron chi connectivity index (χ1n) is 8.55. The maximum absolute atomic E-state index is 5.31. The molecule has 0 bridgehead atoms. The second-order valence-corrected chi connectivity index (χ2v) is 7.32. The zero-order valence-corrected chi connectivity index (χ0v) is 15.7. The van der Waals surface area contributed by atoms with Crippen LogP contribution in [0.15, 0.2) is 22.3 Å². The smallest absolute Gasteiger partial charge is 0.229 e. The van der Waals surface area contributed by atoms with E-state index in [4.69, 9.17) is 4.52 Å². The number of allylic oxidation sites excluding steroid dienone is 1. The number of halogens is 1. The van der Waals surface area contributed by atoms with Crippen molar-refractivity contribution >= 4 is 24.2 Å². The van der Waals surface area contributed by atoms with Gasteiger partial charge in [-0.25, -0.2) is 0 Å². The second-order valence-electron chi connectivity index (χ2n) is 6.38. The summed E-state index contributed by atoms with van der Waals surface area (Å²) in [6.07, 6.45) is 6.45. The zero-order chi connectivity index (χ0) is 16.4. The van der Waals surface area contributed by atoms with Crippen molar-refractivity contribution in [1.29, 1.82) is 0 Å². The molecule has 1 saturated carbocycles. The lowest BCUT2D eigenvalue weighted by Crippen LogP contribution is -2.28. The molecule has 2 aliphatic rings. The summed E-state index contributed by atoms with van der Waals surface area (Å²) in [5.74, 6) is 4.21. The molecule has 136 valence electrons. The van der Waals surface area contributed by atoms with Crippen LogP contribution < -0.4 is 5.32 Å². The lowest BCUT2D eigenvalue weighted by atomic mass is 9.97. The fourth-order valence-electron chi connectivity index (χ4n) is 3.04. The van der Waals surface area contributed by atoms with Crippen molar-refractivity contribution in [3.63, 3.8) is 0 Å². The highest BCUT2D eigenvalue weighted by molar-refractivity contribution is 7.98. The molecule has 0 atom stereocenters. The van der Waals surface area contributed by atoms with Gasteiger partial charge in [-0.1, -0.05) is 23.0 Å². The molecule has 0 aromatic carbocycles. The van der Waals surface area contributed by atoms with Crippen LogP contribution in [0.4, 0.5) is 0 Å². The summed E-state index contributed by atoms with van der Waals surface area (Å²) >= 11 is 1.61. The van der Waals surface area contributed by atoms with Crippen molar-refractivity contribution in [2.45, 2.75) is 55.0 Å². The van der Waals surface area contributed by atoms with Crippen molar-refractivity contribution in [3.8, 4) is 0 Å². The van der Waals surface area contributed by atoms with Gasteiger partial charge in [0.1, 0.15) is 5.82 Å². The summed E-state index contributed by atoms with van der Waals surface area (Å²) in [6.45, 7) is 6.69. The molecule has 2 aromatic heterocycles. The van der Waals surface area contributed by atoms with Gasteiger partial charge in [0.15, 0.2) is 11.0 Å². The van der Waals surface area contributed by atoms with Crippen LogP contribution in [0.3, 0.4) is 0 Å². The Morgan fingerprint density at radius 3 is 2.72 bits per heavy atom. The van der Waals surface area contributed by atoms with Crippen molar-refractivity contribution in [2.24, 2.45) is 0 Å². The summed E-state index contributed by atoms with van der Waals surface area (Å²) in [4.78, 5) is 4.48. The van der Waals surface area contributed by atoms with Crippen LogP contribution in [0.5, 0.6) is 0 Å². The van der Waals surface area contributed by atoms with E-state index in [0.717, 1.165) is 55.2 Å². The fourth-order valence-corrected chi connectivity index (χ4v) is 3.84. The van der Waals surface area contributed by atoms with Crippen molar-refractivity contribution < 1.29 is 4.52 Å². The average molecular weight is 383 g/mol. The highest BCUT2D eigenvalue weighted by Gasteiger charge is 2.29. The van der Waals surface area contributed by atoms with Gasteiger partial charge in [-0.2, -0.15) is 4.98 Å². The normalized spacial score (nSPS) is 18.1. The number of hydrogen-bond acceptors (Lipinski definition) is 7. The molecule has 1 aliphatic carbocycles. The average Bonchev–Trinajstić information content (AvgIpc) is 3.23. The predicted octanol–water partition coefficient (Wildman–Crippen LogP) is 2.91. The van der Waals surface area contributed by atoms with Crippen LogP contribution in [0.1, 0.15) is 55.1 Å². The third-order valence-electron chi connectivity index (χ3n) is 4.50. The van der Waals surface area contributed by atoms with Gasteiger partial charge in [-0.15, -0.1) is 29.2 Å². The first-order chi connectivity index (χ1) is 11.8. The molecule has 1 aliphatic heterocycles. The van der Waals surface area contributed by atoms with Crippen LogP contribution in [0.25, 0.3) is 0 Å². The SMILES string of the molecule is C=CCn1c(SCc2noc(C3CC3)n2)nnc1C1CCNCC1.Cl. The molecule has 0 radical (unpaired) electrons. The van der Waals surface area contributed by atoms with Gasteiger partial charge in [0, 0.05) is 18.4 Å². The molecule has 0 spiro atoms. The quantitative estimate of drug-likeness (QED) is 0.582. The van der Waals surface area contributed by atoms with Crippen LogP contribution in [0.2, 0.25) is 0 Å². The predicted molar refractivity (Wildman–Crippen MR) is 98.1 cm³/mol. The number of rotatable bonds is 7. The summed E-state index contributed by atoms with van der Waals surface area (Å²) in [5.41, 5.74) is 0. The van der Waals surface area contributed by atoms with Gasteiger partial charge < -0.3 is 14.4 Å². The van der Waals surface area contributed by atoms with Crippen LogP contribution in [-0.4, -0.2) is 38.0 Å². The Labute approximate surface area is 157 Å². The third-order valence-corrected chi connectivity index (χ3v) is 5.46. The topological polar surface area (TPSA) is 81.7 Å². The number of hydrogen-bond donors (Lipinski definition) is 1. The summed E-state index contributed by atoms with van der Waals surface area (Å²) in [6, 6.07) is 0. The van der Waals surface area contributed by atoms with Gasteiger partial charge in [-0.05, 0) is 38.8 Å². The van der Waals surface area contributed by atoms with E-state index in [-0.39, 0.29) is 12.4 Å². The summed E-state index contributed by atoms with van der Waals surface area (Å²) in [7, 11) is 0. The Morgan fingerprint density at radius 1 is 1.20 bits per heavy atom. The molecule has 1 N–H and O–H groups in total. The molecule has 0 unspecified atom stereocenters. The number of aromatic nitrogens is 5.